The second-order valence-electron chi connectivity index (χ2n) is 3.92. The number of ether oxygens (including phenoxy) is 2. The summed E-state index contributed by atoms with van der Waals surface area (Å²) in [4.78, 5) is 23.0. The molecule has 0 atom stereocenters. The van der Waals surface area contributed by atoms with Gasteiger partial charge in [-0.15, -0.1) is 11.6 Å². The van der Waals surface area contributed by atoms with Crippen molar-refractivity contribution in [2.45, 2.75) is 25.6 Å². The van der Waals surface area contributed by atoms with Crippen molar-refractivity contribution in [3.63, 3.8) is 0 Å². The average molecular weight is 285 g/mol. The number of rotatable bonds is 6. The SMILES string of the molecule is CCOC(=O)c1ccc(CCl)cc1CCC(=O)OC. The zero-order valence-electron chi connectivity index (χ0n) is 11.1. The summed E-state index contributed by atoms with van der Waals surface area (Å²) < 4.78 is 9.58. The van der Waals surface area contributed by atoms with Gasteiger partial charge in [-0.3, -0.25) is 4.79 Å². The van der Waals surface area contributed by atoms with E-state index in [1.807, 2.05) is 6.07 Å². The first kappa shape index (κ1) is 15.5. The minimum atomic E-state index is -0.386. The number of esters is 2. The van der Waals surface area contributed by atoms with E-state index < -0.39 is 0 Å². The number of carbonyl (C=O) groups excluding carboxylic acids is 2. The summed E-state index contributed by atoms with van der Waals surface area (Å²) in [7, 11) is 1.34. The maximum Gasteiger partial charge on any atom is 0.338 e. The molecule has 0 heterocycles. The van der Waals surface area contributed by atoms with Crippen LogP contribution >= 0.6 is 11.6 Å². The Bertz CT molecular complexity index is 457. The van der Waals surface area contributed by atoms with Gasteiger partial charge in [0.05, 0.1) is 19.3 Å². The largest absolute Gasteiger partial charge is 0.469 e. The molecule has 1 rings (SSSR count). The van der Waals surface area contributed by atoms with Crippen LogP contribution < -0.4 is 0 Å². The van der Waals surface area contributed by atoms with Crippen molar-refractivity contribution in [2.24, 2.45) is 0 Å². The highest BCUT2D eigenvalue weighted by molar-refractivity contribution is 6.17. The van der Waals surface area contributed by atoms with Crippen LogP contribution in [0.4, 0.5) is 0 Å². The van der Waals surface area contributed by atoms with Crippen LogP contribution in [0, 0.1) is 0 Å². The second kappa shape index (κ2) is 7.79. The summed E-state index contributed by atoms with van der Waals surface area (Å²) in [5.74, 6) is -0.344. The molecule has 1 aromatic rings. The van der Waals surface area contributed by atoms with Crippen molar-refractivity contribution in [1.29, 1.82) is 0 Å². The summed E-state index contributed by atoms with van der Waals surface area (Å²) in [6.45, 7) is 2.06. The molecule has 0 bridgehead atoms. The van der Waals surface area contributed by atoms with Gasteiger partial charge in [-0.05, 0) is 30.5 Å². The van der Waals surface area contributed by atoms with Gasteiger partial charge in [0.15, 0.2) is 0 Å². The number of methoxy groups -OCH3 is 1. The predicted molar refractivity (Wildman–Crippen MR) is 72.3 cm³/mol. The van der Waals surface area contributed by atoms with Crippen LogP contribution in [0.25, 0.3) is 0 Å². The third-order valence-electron chi connectivity index (χ3n) is 2.65. The van der Waals surface area contributed by atoms with Gasteiger partial charge in [0.25, 0.3) is 0 Å². The lowest BCUT2D eigenvalue weighted by atomic mass is 10.0. The van der Waals surface area contributed by atoms with E-state index in [1.54, 1.807) is 19.1 Å². The van der Waals surface area contributed by atoms with Crippen LogP contribution in [0.2, 0.25) is 0 Å². The molecule has 0 aliphatic carbocycles. The first-order valence-corrected chi connectivity index (χ1v) is 6.57. The minimum Gasteiger partial charge on any atom is -0.469 e. The monoisotopic (exact) mass is 284 g/mol. The Morgan fingerprint density at radius 2 is 2.05 bits per heavy atom. The Balaban J connectivity index is 2.95. The Morgan fingerprint density at radius 1 is 1.32 bits per heavy atom. The number of aryl methyl sites for hydroxylation is 1. The highest BCUT2D eigenvalue weighted by Crippen LogP contribution is 2.17. The molecule has 0 saturated heterocycles. The van der Waals surface area contributed by atoms with Crippen molar-refractivity contribution < 1.29 is 19.1 Å². The Hall–Kier alpha value is -1.55. The zero-order chi connectivity index (χ0) is 14.3. The Kier molecular flexibility index (Phi) is 6.36. The fourth-order valence-electron chi connectivity index (χ4n) is 1.68. The molecule has 5 heteroatoms. The van der Waals surface area contributed by atoms with Crippen molar-refractivity contribution in [3.8, 4) is 0 Å². The number of benzene rings is 1. The van der Waals surface area contributed by atoms with Crippen LogP contribution in [-0.4, -0.2) is 25.7 Å². The molecule has 19 heavy (non-hydrogen) atoms. The van der Waals surface area contributed by atoms with E-state index in [0.717, 1.165) is 11.1 Å². The first-order valence-electron chi connectivity index (χ1n) is 6.04. The van der Waals surface area contributed by atoms with E-state index in [1.165, 1.54) is 7.11 Å². The lowest BCUT2D eigenvalue weighted by molar-refractivity contribution is -0.140. The molecule has 0 amide bonds. The van der Waals surface area contributed by atoms with Gasteiger partial charge in [-0.25, -0.2) is 4.79 Å². The molecule has 0 unspecified atom stereocenters. The van der Waals surface area contributed by atoms with Crippen molar-refractivity contribution in [2.75, 3.05) is 13.7 Å². The minimum absolute atomic E-state index is 0.217. The number of hydrogen-bond acceptors (Lipinski definition) is 4. The molecule has 0 aliphatic heterocycles. The van der Waals surface area contributed by atoms with Crippen LogP contribution in [0.3, 0.4) is 0 Å². The number of carbonyl (C=O) groups is 2. The van der Waals surface area contributed by atoms with E-state index in [2.05, 4.69) is 4.74 Å². The summed E-state index contributed by atoms with van der Waals surface area (Å²) in [5.41, 5.74) is 2.12. The highest BCUT2D eigenvalue weighted by atomic mass is 35.5. The third-order valence-corrected chi connectivity index (χ3v) is 2.95. The van der Waals surface area contributed by atoms with E-state index in [9.17, 15) is 9.59 Å². The quantitative estimate of drug-likeness (QED) is 0.595. The van der Waals surface area contributed by atoms with Gasteiger partial charge in [-0.2, -0.15) is 0 Å². The lowest BCUT2D eigenvalue weighted by Crippen LogP contribution is -2.10. The zero-order valence-corrected chi connectivity index (χ0v) is 11.8. The van der Waals surface area contributed by atoms with E-state index in [4.69, 9.17) is 16.3 Å². The predicted octanol–water partition coefficient (Wildman–Crippen LogP) is 2.71. The van der Waals surface area contributed by atoms with Gasteiger partial charge in [0.1, 0.15) is 0 Å². The third kappa shape index (κ3) is 4.56. The van der Waals surface area contributed by atoms with E-state index >= 15 is 0 Å². The van der Waals surface area contributed by atoms with Crippen molar-refractivity contribution in [3.05, 3.63) is 34.9 Å². The van der Waals surface area contributed by atoms with Crippen LogP contribution in [0.1, 0.15) is 34.8 Å². The number of halogens is 1. The fourth-order valence-corrected chi connectivity index (χ4v) is 1.85. The summed E-state index contributed by atoms with van der Waals surface area (Å²) in [6.07, 6.45) is 0.639. The fraction of sp³-hybridized carbons (Fsp3) is 0.429. The highest BCUT2D eigenvalue weighted by Gasteiger charge is 2.14. The van der Waals surface area contributed by atoms with Crippen LogP contribution in [0.15, 0.2) is 18.2 Å². The van der Waals surface area contributed by atoms with Crippen molar-refractivity contribution in [1.82, 2.24) is 0 Å². The molecular weight excluding hydrogens is 268 g/mol. The normalized spacial score (nSPS) is 10.1. The average Bonchev–Trinajstić information content (AvgIpc) is 2.44. The molecule has 0 aromatic heterocycles. The number of hydrogen-bond donors (Lipinski definition) is 0. The smallest absolute Gasteiger partial charge is 0.338 e. The maximum absolute atomic E-state index is 11.8. The number of alkyl halides is 1. The molecule has 0 spiro atoms. The summed E-state index contributed by atoms with van der Waals surface area (Å²) >= 11 is 5.77. The lowest BCUT2D eigenvalue weighted by Gasteiger charge is -2.10. The maximum atomic E-state index is 11.8. The van der Waals surface area contributed by atoms with Gasteiger partial charge in [-0.1, -0.05) is 12.1 Å². The van der Waals surface area contributed by atoms with Crippen LogP contribution in [0.5, 0.6) is 0 Å². The first-order chi connectivity index (χ1) is 9.12. The topological polar surface area (TPSA) is 52.6 Å². The standard InChI is InChI=1S/C14H17ClO4/c1-3-19-14(17)12-6-4-10(9-15)8-11(12)5-7-13(16)18-2/h4,6,8H,3,5,7,9H2,1-2H3. The molecule has 0 aliphatic rings. The summed E-state index contributed by atoms with van der Waals surface area (Å²) in [5, 5.41) is 0. The van der Waals surface area contributed by atoms with Gasteiger partial charge in [0.2, 0.25) is 0 Å². The van der Waals surface area contributed by atoms with Crippen molar-refractivity contribution >= 4 is 23.5 Å². The molecule has 1 aromatic carbocycles. The Labute approximate surface area is 117 Å². The van der Waals surface area contributed by atoms with Crippen LogP contribution in [-0.2, 0) is 26.6 Å². The Morgan fingerprint density at radius 3 is 2.63 bits per heavy atom. The van der Waals surface area contributed by atoms with E-state index in [-0.39, 0.29) is 18.4 Å². The molecule has 0 radical (unpaired) electrons. The molecule has 0 N–H and O–H groups in total. The van der Waals surface area contributed by atoms with E-state index in [0.29, 0.717) is 24.5 Å². The second-order valence-corrected chi connectivity index (χ2v) is 4.19. The molecule has 4 nitrogen and oxygen atoms in total. The molecule has 104 valence electrons. The van der Waals surface area contributed by atoms with Gasteiger partial charge in [0, 0.05) is 12.3 Å². The summed E-state index contributed by atoms with van der Waals surface area (Å²) in [6, 6.07) is 5.28. The van der Waals surface area contributed by atoms with Gasteiger partial charge >= 0.3 is 11.9 Å². The van der Waals surface area contributed by atoms with Gasteiger partial charge < -0.3 is 9.47 Å². The molecular formula is C14H17ClO4. The molecule has 0 saturated carbocycles. The molecule has 0 fully saturated rings.